The van der Waals surface area contributed by atoms with E-state index in [0.717, 1.165) is 100.0 Å². The lowest BCUT2D eigenvalue weighted by Gasteiger charge is -2.35. The number of hydrogen-bond acceptors (Lipinski definition) is 11. The van der Waals surface area contributed by atoms with Crippen molar-refractivity contribution in [1.29, 1.82) is 0 Å². The number of imide groups is 2. The molecule has 5 heterocycles. The van der Waals surface area contributed by atoms with Gasteiger partial charge in [0, 0.05) is 100 Å². The Labute approximate surface area is 298 Å². The van der Waals surface area contributed by atoms with Crippen molar-refractivity contribution >= 4 is 40.8 Å². The smallest absolute Gasteiger partial charge is 0.264 e. The van der Waals surface area contributed by atoms with Crippen LogP contribution in [0.5, 0.6) is 0 Å². The molecule has 3 aromatic rings. The third-order valence-corrected chi connectivity index (χ3v) is 11.1. The Kier molecular flexibility index (Phi) is 10.6. The standard InChI is InChI=1S/C37H50N10O4/c1-3-24(4-2)29-23-32(47-31(42-29)12-13-40-47)41-26-9-8-25(22-26)38-14-16-44-18-20-45(21-19-44)17-15-39-28-7-5-6-27-34(28)37(51)46(36(27)50)30-10-11-33(48)43-35(30)49/h5-7,12-13,23-26,30,38-39,41H,3-4,8-11,14-22H2,1-2H3,(H,43,48,49)/t25-,26-,30?/m0/s1. The summed E-state index contributed by atoms with van der Waals surface area (Å²) in [4.78, 5) is 61.4. The van der Waals surface area contributed by atoms with Crippen LogP contribution in [-0.4, -0.2) is 123 Å². The molecule has 3 aliphatic heterocycles. The molecule has 272 valence electrons. The Balaban J connectivity index is 0.822. The second kappa shape index (κ2) is 15.5. The Morgan fingerprint density at radius 3 is 2.39 bits per heavy atom. The molecule has 1 aliphatic carbocycles. The van der Waals surface area contributed by atoms with E-state index in [9.17, 15) is 19.2 Å². The second-order valence-corrected chi connectivity index (χ2v) is 14.3. The normalized spacial score (nSPS) is 23.0. The van der Waals surface area contributed by atoms with Crippen LogP contribution in [-0.2, 0) is 9.59 Å². The highest BCUT2D eigenvalue weighted by Crippen LogP contribution is 2.32. The van der Waals surface area contributed by atoms with E-state index in [1.165, 1.54) is 0 Å². The van der Waals surface area contributed by atoms with Crippen LogP contribution in [0.3, 0.4) is 0 Å². The maximum absolute atomic E-state index is 13.4. The first kappa shape index (κ1) is 35.0. The molecule has 4 amide bonds. The van der Waals surface area contributed by atoms with Gasteiger partial charge >= 0.3 is 0 Å². The summed E-state index contributed by atoms with van der Waals surface area (Å²) in [6.07, 6.45) is 7.59. The number of carbonyl (C=O) groups excluding carboxylic acids is 4. The van der Waals surface area contributed by atoms with Crippen molar-refractivity contribution in [1.82, 2.24) is 39.9 Å². The van der Waals surface area contributed by atoms with Crippen LogP contribution in [0.25, 0.3) is 5.65 Å². The number of nitrogens with zero attached hydrogens (tertiary/aromatic N) is 6. The first-order chi connectivity index (χ1) is 24.8. The Morgan fingerprint density at radius 2 is 1.65 bits per heavy atom. The summed E-state index contributed by atoms with van der Waals surface area (Å²) in [5.41, 5.74) is 3.23. The van der Waals surface area contributed by atoms with E-state index in [4.69, 9.17) is 4.98 Å². The van der Waals surface area contributed by atoms with E-state index >= 15 is 0 Å². The molecule has 3 fully saturated rings. The van der Waals surface area contributed by atoms with Crippen LogP contribution in [0.4, 0.5) is 11.5 Å². The van der Waals surface area contributed by atoms with Gasteiger partial charge in [0.05, 0.1) is 17.3 Å². The number of aromatic nitrogens is 3. The van der Waals surface area contributed by atoms with Gasteiger partial charge in [-0.15, -0.1) is 0 Å². The predicted molar refractivity (Wildman–Crippen MR) is 194 cm³/mol. The molecule has 0 radical (unpaired) electrons. The van der Waals surface area contributed by atoms with Gasteiger partial charge < -0.3 is 16.0 Å². The van der Waals surface area contributed by atoms with Gasteiger partial charge in [-0.05, 0) is 50.7 Å². The minimum atomic E-state index is -0.971. The van der Waals surface area contributed by atoms with E-state index < -0.39 is 23.8 Å². The molecule has 1 unspecified atom stereocenters. The molecule has 0 spiro atoms. The van der Waals surface area contributed by atoms with Crippen LogP contribution >= 0.6 is 0 Å². The number of benzene rings is 1. The fraction of sp³-hybridized carbons (Fsp3) is 0.568. The van der Waals surface area contributed by atoms with Crippen LogP contribution in [0.2, 0.25) is 0 Å². The minimum Gasteiger partial charge on any atom is -0.383 e. The second-order valence-electron chi connectivity index (χ2n) is 14.3. The number of amides is 4. The van der Waals surface area contributed by atoms with Gasteiger partial charge in [-0.2, -0.15) is 9.61 Å². The largest absolute Gasteiger partial charge is 0.383 e. The van der Waals surface area contributed by atoms with Crippen LogP contribution in [0.15, 0.2) is 36.5 Å². The highest BCUT2D eigenvalue weighted by Gasteiger charge is 2.45. The molecule has 4 aliphatic rings. The molecule has 3 atom stereocenters. The van der Waals surface area contributed by atoms with Crippen molar-refractivity contribution in [2.45, 2.75) is 82.8 Å². The molecule has 2 saturated heterocycles. The van der Waals surface area contributed by atoms with Gasteiger partial charge in [0.2, 0.25) is 11.8 Å². The zero-order valence-corrected chi connectivity index (χ0v) is 29.7. The molecule has 14 heteroatoms. The number of rotatable bonds is 14. The summed E-state index contributed by atoms with van der Waals surface area (Å²) < 4.78 is 1.93. The molecular weight excluding hydrogens is 648 g/mol. The van der Waals surface area contributed by atoms with Gasteiger partial charge in [0.25, 0.3) is 11.8 Å². The van der Waals surface area contributed by atoms with E-state index in [2.05, 4.69) is 56.1 Å². The Bertz CT molecular complexity index is 1760. The summed E-state index contributed by atoms with van der Waals surface area (Å²) in [5, 5.41) is 17.7. The van der Waals surface area contributed by atoms with Crippen LogP contribution in [0, 0.1) is 0 Å². The number of nitrogens with one attached hydrogen (secondary N) is 4. The lowest BCUT2D eigenvalue weighted by atomic mass is 9.99. The number of fused-ring (bicyclic) bond motifs is 2. The molecular formula is C37H50N10O4. The first-order valence-electron chi connectivity index (χ1n) is 18.7. The minimum absolute atomic E-state index is 0.0980. The van der Waals surface area contributed by atoms with Crippen LogP contribution in [0.1, 0.15) is 91.1 Å². The van der Waals surface area contributed by atoms with Gasteiger partial charge in [-0.1, -0.05) is 19.9 Å². The van der Waals surface area contributed by atoms with E-state index in [0.29, 0.717) is 35.8 Å². The lowest BCUT2D eigenvalue weighted by Crippen LogP contribution is -2.54. The zero-order valence-electron chi connectivity index (χ0n) is 29.7. The molecule has 14 nitrogen and oxygen atoms in total. The van der Waals surface area contributed by atoms with E-state index in [1.807, 2.05) is 16.8 Å². The van der Waals surface area contributed by atoms with Gasteiger partial charge in [0.1, 0.15) is 11.9 Å². The number of anilines is 2. The van der Waals surface area contributed by atoms with Gasteiger partial charge in [-0.3, -0.25) is 39.2 Å². The Hall–Kier alpha value is -4.40. The topological polar surface area (TPSA) is 156 Å². The van der Waals surface area contributed by atoms with Crippen molar-refractivity contribution in [3.63, 3.8) is 0 Å². The number of hydrogen-bond donors (Lipinski definition) is 4. The first-order valence-corrected chi connectivity index (χ1v) is 18.7. The van der Waals surface area contributed by atoms with Gasteiger partial charge in [0.15, 0.2) is 5.65 Å². The fourth-order valence-electron chi connectivity index (χ4n) is 8.13. The average molecular weight is 699 g/mol. The molecule has 1 saturated carbocycles. The zero-order chi connectivity index (χ0) is 35.5. The molecule has 2 aromatic heterocycles. The fourth-order valence-corrected chi connectivity index (χ4v) is 8.13. The van der Waals surface area contributed by atoms with Crippen molar-refractivity contribution in [3.05, 3.63) is 53.3 Å². The summed E-state index contributed by atoms with van der Waals surface area (Å²) in [5.74, 6) is -0.472. The van der Waals surface area contributed by atoms with Crippen LogP contribution < -0.4 is 21.3 Å². The van der Waals surface area contributed by atoms with Crippen molar-refractivity contribution in [3.8, 4) is 0 Å². The molecule has 0 bridgehead atoms. The predicted octanol–water partition coefficient (Wildman–Crippen LogP) is 2.69. The van der Waals surface area contributed by atoms with Crippen molar-refractivity contribution < 1.29 is 19.2 Å². The summed E-state index contributed by atoms with van der Waals surface area (Å²) in [7, 11) is 0. The summed E-state index contributed by atoms with van der Waals surface area (Å²) >= 11 is 0. The van der Waals surface area contributed by atoms with E-state index in [-0.39, 0.29) is 24.3 Å². The monoisotopic (exact) mass is 698 g/mol. The third-order valence-electron chi connectivity index (χ3n) is 11.1. The number of piperazine rings is 1. The quantitative estimate of drug-likeness (QED) is 0.184. The third kappa shape index (κ3) is 7.49. The maximum Gasteiger partial charge on any atom is 0.264 e. The molecule has 51 heavy (non-hydrogen) atoms. The SMILES string of the molecule is CCC(CC)c1cc(N[C@H]2CC[C@H](NCCN3CCN(CCNc4cccc5c4C(=O)N(C4CCC(=O)NC4=O)C5=O)CC3)C2)n2nccc2n1. The van der Waals surface area contributed by atoms with E-state index in [1.54, 1.807) is 18.2 Å². The highest BCUT2D eigenvalue weighted by atomic mass is 16.2. The average Bonchev–Trinajstić information content (AvgIpc) is 3.85. The lowest BCUT2D eigenvalue weighted by molar-refractivity contribution is -0.136. The van der Waals surface area contributed by atoms with Crippen molar-refractivity contribution in [2.24, 2.45) is 0 Å². The number of carbonyl (C=O) groups is 4. The highest BCUT2D eigenvalue weighted by molar-refractivity contribution is 6.25. The molecule has 4 N–H and O–H groups in total. The molecule has 7 rings (SSSR count). The van der Waals surface area contributed by atoms with Gasteiger partial charge in [-0.25, -0.2) is 4.98 Å². The molecule has 1 aromatic carbocycles. The van der Waals surface area contributed by atoms with Crippen molar-refractivity contribution in [2.75, 3.05) is 63.0 Å². The maximum atomic E-state index is 13.4. The Morgan fingerprint density at radius 1 is 0.902 bits per heavy atom. The number of piperidine rings is 1. The summed E-state index contributed by atoms with van der Waals surface area (Å²) in [6.45, 7) is 11.8. The summed E-state index contributed by atoms with van der Waals surface area (Å²) in [6, 6.07) is 9.28.